The molecular weight excluding hydrogens is 454 g/mol. The molecule has 0 fully saturated rings. The van der Waals surface area contributed by atoms with E-state index in [9.17, 15) is 4.79 Å². The van der Waals surface area contributed by atoms with Crippen molar-refractivity contribution in [2.45, 2.75) is 73.1 Å². The number of aromatic nitrogens is 2. The van der Waals surface area contributed by atoms with Crippen molar-refractivity contribution in [1.29, 1.82) is 0 Å². The molecule has 204 valence electrons. The second-order valence-electron chi connectivity index (χ2n) is 7.36. The van der Waals surface area contributed by atoms with Crippen molar-refractivity contribution in [3.8, 4) is 25.7 Å². The van der Waals surface area contributed by atoms with Gasteiger partial charge in [0.25, 0.3) is 0 Å². The van der Waals surface area contributed by atoms with Crippen molar-refractivity contribution in [2.24, 2.45) is 0 Å². The van der Waals surface area contributed by atoms with E-state index in [2.05, 4.69) is 99.4 Å². The molecule has 3 rings (SSSR count). The van der Waals surface area contributed by atoms with Crippen molar-refractivity contribution in [3.63, 3.8) is 0 Å². The Morgan fingerprint density at radius 2 is 1.49 bits per heavy atom. The van der Waals surface area contributed by atoms with E-state index in [1.54, 1.807) is 12.2 Å². The summed E-state index contributed by atoms with van der Waals surface area (Å²) in [5, 5.41) is 9.92. The van der Waals surface area contributed by atoms with Crippen LogP contribution >= 0.6 is 0 Å². The Labute approximate surface area is 228 Å². The van der Waals surface area contributed by atoms with Crippen LogP contribution in [0, 0.1) is 39.5 Å². The molecule has 1 heterocycles. The largest absolute Gasteiger partial charge is 0.320 e. The number of aromatic amines is 1. The molecule has 0 saturated heterocycles. The number of nitrogens with one attached hydrogen (secondary N) is 2. The second-order valence-corrected chi connectivity index (χ2v) is 7.36. The molecule has 0 radical (unpaired) electrons. The quantitative estimate of drug-likeness (QED) is 0.188. The Morgan fingerprint density at radius 3 is 1.84 bits per heavy atom. The maximum absolute atomic E-state index is 10.6. The van der Waals surface area contributed by atoms with Crippen molar-refractivity contribution >= 4 is 6.29 Å². The predicted molar refractivity (Wildman–Crippen MR) is 166 cm³/mol. The molecule has 1 aliphatic carbocycles. The summed E-state index contributed by atoms with van der Waals surface area (Å²) >= 11 is 0. The number of carbonyl (C=O) groups is 1. The third-order valence-electron chi connectivity index (χ3n) is 4.51. The van der Waals surface area contributed by atoms with Gasteiger partial charge >= 0.3 is 0 Å². The van der Waals surface area contributed by atoms with Gasteiger partial charge in [0.1, 0.15) is 5.69 Å². The molecule has 0 spiro atoms. The first-order valence-corrected chi connectivity index (χ1v) is 12.8. The van der Waals surface area contributed by atoms with Crippen LogP contribution in [-0.2, 0) is 12.8 Å². The van der Waals surface area contributed by atoms with E-state index in [4.69, 9.17) is 0 Å². The van der Waals surface area contributed by atoms with E-state index in [0.717, 1.165) is 31.2 Å². The lowest BCUT2D eigenvalue weighted by Gasteiger charge is -1.94. The molecule has 4 heteroatoms. The number of terminal acetylenes is 2. The molecule has 2 aromatic rings. The molecule has 0 saturated carbocycles. The van der Waals surface area contributed by atoms with Crippen molar-refractivity contribution in [1.82, 2.24) is 15.5 Å². The normalized spacial score (nSPS) is 10.2. The van der Waals surface area contributed by atoms with Crippen LogP contribution < -0.4 is 5.32 Å². The highest BCUT2D eigenvalue weighted by Gasteiger charge is 2.14. The molecule has 0 unspecified atom stereocenters. The Hall–Kier alpha value is -3.60. The second kappa shape index (κ2) is 34.6. The van der Waals surface area contributed by atoms with Gasteiger partial charge < -0.3 is 5.32 Å². The lowest BCUT2D eigenvalue weighted by Crippen LogP contribution is -2.04. The van der Waals surface area contributed by atoms with Crippen LogP contribution in [0.5, 0.6) is 0 Å². The number of allylic oxidation sites excluding steroid dienone is 4. The Bertz CT molecular complexity index is 821. The summed E-state index contributed by atoms with van der Waals surface area (Å²) < 4.78 is 0. The predicted octanol–water partition coefficient (Wildman–Crippen LogP) is 7.85. The molecular formula is C33H51N3O. The van der Waals surface area contributed by atoms with Gasteiger partial charge in [0.2, 0.25) is 0 Å². The average molecular weight is 506 g/mol. The van der Waals surface area contributed by atoms with E-state index in [1.165, 1.54) is 42.5 Å². The first-order chi connectivity index (χ1) is 18.0. The maximum atomic E-state index is 10.6. The molecule has 0 amide bonds. The van der Waals surface area contributed by atoms with Gasteiger partial charge in [-0.2, -0.15) is 5.10 Å². The Balaban J connectivity index is -0.000000193. The highest BCUT2D eigenvalue weighted by atomic mass is 16.1. The van der Waals surface area contributed by atoms with Gasteiger partial charge in [0, 0.05) is 11.3 Å². The van der Waals surface area contributed by atoms with E-state index in [-0.39, 0.29) is 0 Å². The van der Waals surface area contributed by atoms with Gasteiger partial charge in [-0.25, -0.2) is 0 Å². The minimum Gasteiger partial charge on any atom is -0.320 e. The molecule has 1 aromatic heterocycles. The highest BCUT2D eigenvalue weighted by Crippen LogP contribution is 2.20. The van der Waals surface area contributed by atoms with Gasteiger partial charge in [-0.15, -0.1) is 25.7 Å². The topological polar surface area (TPSA) is 57.8 Å². The smallest absolute Gasteiger partial charge is 0.170 e. The van der Waals surface area contributed by atoms with Crippen LogP contribution in [0.25, 0.3) is 0 Å². The summed E-state index contributed by atoms with van der Waals surface area (Å²) in [6.07, 6.45) is 30.9. The van der Waals surface area contributed by atoms with Gasteiger partial charge in [-0.1, -0.05) is 100 Å². The van der Waals surface area contributed by atoms with Crippen LogP contribution in [0.4, 0.5) is 0 Å². The number of nitrogens with zero attached hydrogens (tertiary/aromatic N) is 1. The number of carbonyl (C=O) groups excluding carboxylic acids is 1. The van der Waals surface area contributed by atoms with Gasteiger partial charge in [-0.3, -0.25) is 9.89 Å². The number of hydrogen-bond acceptors (Lipinski definition) is 3. The zero-order valence-corrected chi connectivity index (χ0v) is 24.2. The molecule has 0 aliphatic heterocycles. The van der Waals surface area contributed by atoms with Crippen LogP contribution in [0.3, 0.4) is 0 Å². The lowest BCUT2D eigenvalue weighted by atomic mass is 10.1. The first kappa shape index (κ1) is 40.6. The number of aldehydes is 1. The van der Waals surface area contributed by atoms with Gasteiger partial charge in [0.15, 0.2) is 6.29 Å². The van der Waals surface area contributed by atoms with E-state index >= 15 is 0 Å². The van der Waals surface area contributed by atoms with Gasteiger partial charge in [-0.05, 0) is 59.5 Å². The summed E-state index contributed by atoms with van der Waals surface area (Å²) in [5.41, 5.74) is 5.62. The van der Waals surface area contributed by atoms with Crippen LogP contribution in [0.2, 0.25) is 0 Å². The van der Waals surface area contributed by atoms with E-state index < -0.39 is 0 Å². The fourth-order valence-electron chi connectivity index (χ4n) is 2.99. The molecule has 2 N–H and O–H groups in total. The fraction of sp³-hybridized carbons (Fsp3) is 0.394. The molecule has 0 atom stereocenters. The third-order valence-corrected chi connectivity index (χ3v) is 4.51. The number of rotatable bonds is 5. The molecule has 37 heavy (non-hydrogen) atoms. The minimum atomic E-state index is 0.618. The summed E-state index contributed by atoms with van der Waals surface area (Å²) in [5.74, 6) is 0. The number of aryl methyl sites for hydroxylation is 3. The summed E-state index contributed by atoms with van der Waals surface area (Å²) in [6.45, 7) is 18.4. The Morgan fingerprint density at radius 1 is 0.973 bits per heavy atom. The van der Waals surface area contributed by atoms with Crippen LogP contribution in [0.15, 0.2) is 61.7 Å². The summed E-state index contributed by atoms with van der Waals surface area (Å²) in [4.78, 5) is 10.6. The first-order valence-electron chi connectivity index (χ1n) is 12.8. The fourth-order valence-corrected chi connectivity index (χ4v) is 2.99. The monoisotopic (exact) mass is 505 g/mol. The molecule has 1 aliphatic rings. The molecule has 1 aromatic carbocycles. The summed E-state index contributed by atoms with van der Waals surface area (Å²) in [7, 11) is 1.96. The van der Waals surface area contributed by atoms with Crippen molar-refractivity contribution in [2.75, 3.05) is 13.6 Å². The SMILES string of the molecule is C#C.C#C.C=C/C=C\C=C.CC.CCCNC.Cc1cccc(C)c1.O=Cc1n[nH]c2c1CCCCC2. The highest BCUT2D eigenvalue weighted by molar-refractivity contribution is 5.74. The van der Waals surface area contributed by atoms with E-state index in [1.807, 2.05) is 33.0 Å². The van der Waals surface area contributed by atoms with Crippen molar-refractivity contribution in [3.05, 3.63) is 89.8 Å². The molecule has 0 bridgehead atoms. The average Bonchev–Trinajstić information content (AvgIpc) is 3.18. The minimum absolute atomic E-state index is 0.618. The Kier molecular flexibility index (Phi) is 37.9. The van der Waals surface area contributed by atoms with Crippen LogP contribution in [-0.4, -0.2) is 30.1 Å². The number of hydrogen-bond donors (Lipinski definition) is 2. The van der Waals surface area contributed by atoms with Gasteiger partial charge in [0.05, 0.1) is 0 Å². The number of H-pyrrole nitrogens is 1. The number of benzene rings is 1. The summed E-state index contributed by atoms with van der Waals surface area (Å²) in [6, 6.07) is 8.45. The van der Waals surface area contributed by atoms with E-state index in [0.29, 0.717) is 5.69 Å². The lowest BCUT2D eigenvalue weighted by molar-refractivity contribution is 0.111. The van der Waals surface area contributed by atoms with Crippen LogP contribution in [0.1, 0.15) is 79.3 Å². The standard InChI is InChI=1S/C9H12N2O.C8H10.C6H8.C4H11N.C2H6.2C2H2/c12-6-9-7-4-2-1-3-5-8(7)10-11-9;1-7-4-3-5-8(2)6-7;1-3-5-6-4-2;1-3-4-5-2;3*1-2/h6H,1-5H2,(H,10,11);3-6H,1-2H3;3-6H,1-2H2;5H,3-4H2,1-2H3;1-2H3;2*1-2H/b;;6-5-;;;;. The molecule has 4 nitrogen and oxygen atoms in total. The number of fused-ring (bicyclic) bond motifs is 1. The zero-order valence-electron chi connectivity index (χ0n) is 24.2. The zero-order chi connectivity index (χ0) is 29.3. The maximum Gasteiger partial charge on any atom is 0.170 e. The van der Waals surface area contributed by atoms with Crippen molar-refractivity contribution < 1.29 is 4.79 Å². The third kappa shape index (κ3) is 25.3.